The zero-order chi connectivity index (χ0) is 12.8. The smallest absolute Gasteiger partial charge is 0.0299 e. The zero-order valence-electron chi connectivity index (χ0n) is 11.8. The number of allylic oxidation sites excluding steroid dienone is 2. The van der Waals surface area contributed by atoms with E-state index in [1.165, 1.54) is 36.8 Å². The minimum absolute atomic E-state index is 0.837. The van der Waals surface area contributed by atoms with Crippen LogP contribution in [0.1, 0.15) is 65.2 Å². The maximum absolute atomic E-state index is 3.41. The van der Waals surface area contributed by atoms with Crippen LogP contribution >= 0.6 is 0 Å². The number of hydrogen-bond acceptors (Lipinski definition) is 0. The minimum atomic E-state index is 0.837. The van der Waals surface area contributed by atoms with Crippen molar-refractivity contribution in [1.82, 2.24) is 0 Å². The Morgan fingerprint density at radius 2 is 1.28 bits per heavy atom. The summed E-state index contributed by atoms with van der Waals surface area (Å²) in [5, 5.41) is 0. The Labute approximate surface area is 112 Å². The van der Waals surface area contributed by atoms with Crippen LogP contribution in [0, 0.1) is 35.5 Å². The summed E-state index contributed by atoms with van der Waals surface area (Å²) in [6, 6.07) is 0. The van der Waals surface area contributed by atoms with Crippen molar-refractivity contribution in [3.8, 4) is 23.7 Å². The van der Waals surface area contributed by atoms with Crippen LogP contribution in [0.3, 0.4) is 0 Å². The maximum atomic E-state index is 3.41. The van der Waals surface area contributed by atoms with E-state index in [2.05, 4.69) is 37.5 Å². The van der Waals surface area contributed by atoms with E-state index in [0.29, 0.717) is 0 Å². The van der Waals surface area contributed by atoms with E-state index in [1.54, 1.807) is 0 Å². The van der Waals surface area contributed by atoms with Crippen LogP contribution in [0.15, 0.2) is 11.1 Å². The molecule has 2 unspecified atom stereocenters. The third-order valence-corrected chi connectivity index (χ3v) is 4.36. The first-order chi connectivity index (χ1) is 8.75. The number of fused-ring (bicyclic) bond motifs is 2. The molecule has 2 aliphatic carbocycles. The van der Waals surface area contributed by atoms with Crippen molar-refractivity contribution in [1.29, 1.82) is 0 Å². The molecule has 1 fully saturated rings. The maximum Gasteiger partial charge on any atom is 0.0299 e. The molecule has 0 saturated heterocycles. The third-order valence-electron chi connectivity index (χ3n) is 4.36. The van der Waals surface area contributed by atoms with Crippen LogP contribution < -0.4 is 0 Å². The molecule has 0 aromatic rings. The van der Waals surface area contributed by atoms with Gasteiger partial charge < -0.3 is 0 Å². The first-order valence-corrected chi connectivity index (χ1v) is 7.32. The highest BCUT2D eigenvalue weighted by Crippen LogP contribution is 2.32. The molecule has 2 bridgehead atoms. The van der Waals surface area contributed by atoms with Gasteiger partial charge in [0.05, 0.1) is 0 Å². The van der Waals surface area contributed by atoms with Gasteiger partial charge >= 0.3 is 0 Å². The minimum Gasteiger partial charge on any atom is -0.103 e. The lowest BCUT2D eigenvalue weighted by atomic mass is 9.79. The Hall–Kier alpha value is -1.14. The highest BCUT2D eigenvalue weighted by molar-refractivity contribution is 5.22. The standard InChI is InChI=1S/C18H24/c1-15-8-3-5-10-17-12-7-13-18(14-17)11-6-4-9-16(15)2/h17-18H,7-14H2,1-2H3/b16-15-. The average molecular weight is 240 g/mol. The van der Waals surface area contributed by atoms with E-state index < -0.39 is 0 Å². The molecule has 0 aromatic carbocycles. The van der Waals surface area contributed by atoms with Crippen molar-refractivity contribution in [2.45, 2.75) is 65.2 Å². The van der Waals surface area contributed by atoms with E-state index >= 15 is 0 Å². The predicted molar refractivity (Wildman–Crippen MR) is 77.8 cm³/mol. The fraction of sp³-hybridized carbons (Fsp3) is 0.667. The summed E-state index contributed by atoms with van der Waals surface area (Å²) in [5.74, 6) is 15.2. The molecule has 0 amide bonds. The molecule has 0 radical (unpaired) electrons. The summed E-state index contributed by atoms with van der Waals surface area (Å²) < 4.78 is 0. The fourth-order valence-electron chi connectivity index (χ4n) is 2.90. The van der Waals surface area contributed by atoms with Gasteiger partial charge in [0.2, 0.25) is 0 Å². The number of hydrogen-bond donors (Lipinski definition) is 0. The first-order valence-electron chi connectivity index (χ1n) is 7.32. The van der Waals surface area contributed by atoms with Gasteiger partial charge in [-0.1, -0.05) is 29.4 Å². The molecule has 18 heavy (non-hydrogen) atoms. The van der Waals surface area contributed by atoms with Crippen molar-refractivity contribution in [3.63, 3.8) is 0 Å². The van der Waals surface area contributed by atoms with Crippen LogP contribution in [0.4, 0.5) is 0 Å². The molecule has 2 atom stereocenters. The fourth-order valence-corrected chi connectivity index (χ4v) is 2.90. The highest BCUT2D eigenvalue weighted by atomic mass is 14.2. The Balaban J connectivity index is 2.10. The van der Waals surface area contributed by atoms with Crippen LogP contribution in [-0.4, -0.2) is 0 Å². The van der Waals surface area contributed by atoms with Crippen molar-refractivity contribution >= 4 is 0 Å². The molecule has 0 nitrogen and oxygen atoms in total. The van der Waals surface area contributed by atoms with Gasteiger partial charge in [0.15, 0.2) is 0 Å². The van der Waals surface area contributed by atoms with E-state index in [1.807, 2.05) is 0 Å². The van der Waals surface area contributed by atoms with Crippen molar-refractivity contribution in [2.24, 2.45) is 11.8 Å². The molecule has 1 saturated carbocycles. The van der Waals surface area contributed by atoms with Crippen molar-refractivity contribution in [3.05, 3.63) is 11.1 Å². The zero-order valence-corrected chi connectivity index (χ0v) is 11.8. The van der Waals surface area contributed by atoms with Crippen LogP contribution in [0.5, 0.6) is 0 Å². The normalized spacial score (nSPS) is 32.8. The Bertz CT molecular complexity index is 390. The van der Waals surface area contributed by atoms with E-state index in [0.717, 1.165) is 37.5 Å². The van der Waals surface area contributed by atoms with Crippen LogP contribution in [0.25, 0.3) is 0 Å². The summed E-state index contributed by atoms with van der Waals surface area (Å²) >= 11 is 0. The number of rotatable bonds is 0. The predicted octanol–water partition coefficient (Wildman–Crippen LogP) is 4.71. The summed E-state index contributed by atoms with van der Waals surface area (Å²) in [4.78, 5) is 0. The van der Waals surface area contributed by atoms with E-state index in [-0.39, 0.29) is 0 Å². The van der Waals surface area contributed by atoms with E-state index in [9.17, 15) is 0 Å². The van der Waals surface area contributed by atoms with Gasteiger partial charge in [-0.05, 0) is 44.9 Å². The monoisotopic (exact) mass is 240 g/mol. The SMILES string of the molecule is C/C1=C(\C)CC#CCC2CCCC(CC#CC1)C2. The topological polar surface area (TPSA) is 0 Å². The lowest BCUT2D eigenvalue weighted by molar-refractivity contribution is 0.274. The van der Waals surface area contributed by atoms with Gasteiger partial charge in [-0.15, -0.1) is 11.8 Å². The average Bonchev–Trinajstić information content (AvgIpc) is 2.39. The molecule has 0 aromatic heterocycles. The van der Waals surface area contributed by atoms with Gasteiger partial charge in [-0.25, -0.2) is 0 Å². The quantitative estimate of drug-likeness (QED) is 0.425. The van der Waals surface area contributed by atoms with Crippen molar-refractivity contribution < 1.29 is 0 Å². The molecule has 96 valence electrons. The summed E-state index contributed by atoms with van der Waals surface area (Å²) in [7, 11) is 0. The van der Waals surface area contributed by atoms with Gasteiger partial charge in [0, 0.05) is 25.7 Å². The Kier molecular flexibility index (Phi) is 4.95. The lowest BCUT2D eigenvalue weighted by Gasteiger charge is -2.26. The van der Waals surface area contributed by atoms with Crippen LogP contribution in [0.2, 0.25) is 0 Å². The second-order valence-electron chi connectivity index (χ2n) is 5.93. The molecule has 0 heteroatoms. The van der Waals surface area contributed by atoms with Gasteiger partial charge in [-0.2, -0.15) is 0 Å². The second kappa shape index (κ2) is 6.70. The van der Waals surface area contributed by atoms with Crippen molar-refractivity contribution in [2.75, 3.05) is 0 Å². The summed E-state index contributed by atoms with van der Waals surface area (Å²) in [5.41, 5.74) is 2.83. The van der Waals surface area contributed by atoms with Crippen LogP contribution in [-0.2, 0) is 0 Å². The highest BCUT2D eigenvalue weighted by Gasteiger charge is 2.20. The molecule has 0 aliphatic heterocycles. The Morgan fingerprint density at radius 1 is 0.778 bits per heavy atom. The van der Waals surface area contributed by atoms with Gasteiger partial charge in [0.1, 0.15) is 0 Å². The second-order valence-corrected chi connectivity index (χ2v) is 5.93. The molecule has 2 rings (SSSR count). The molecular weight excluding hydrogens is 216 g/mol. The summed E-state index contributed by atoms with van der Waals surface area (Å²) in [6.07, 6.45) is 9.59. The lowest BCUT2D eigenvalue weighted by Crippen LogP contribution is -2.14. The summed E-state index contributed by atoms with van der Waals surface area (Å²) in [6.45, 7) is 4.40. The molecule has 0 heterocycles. The molecule has 0 spiro atoms. The first kappa shape index (κ1) is 13.3. The van der Waals surface area contributed by atoms with Gasteiger partial charge in [0.25, 0.3) is 0 Å². The Morgan fingerprint density at radius 3 is 1.78 bits per heavy atom. The third kappa shape index (κ3) is 3.96. The molecular formula is C18H24. The molecule has 0 N–H and O–H groups in total. The van der Waals surface area contributed by atoms with Gasteiger partial charge in [-0.3, -0.25) is 0 Å². The molecule has 2 aliphatic rings. The van der Waals surface area contributed by atoms with E-state index in [4.69, 9.17) is 0 Å². The largest absolute Gasteiger partial charge is 0.103 e.